The number of hydrogen-bond acceptors (Lipinski definition) is 4. The molecule has 0 aliphatic rings. The minimum Gasteiger partial charge on any atom is -0.497 e. The van der Waals surface area contributed by atoms with Crippen LogP contribution in [-0.4, -0.2) is 24.6 Å². The summed E-state index contributed by atoms with van der Waals surface area (Å²) in [6.45, 7) is 6.37. The van der Waals surface area contributed by atoms with Gasteiger partial charge in [-0.1, -0.05) is 13.8 Å². The molecule has 29 heavy (non-hydrogen) atoms. The Morgan fingerprint density at radius 1 is 1.07 bits per heavy atom. The van der Waals surface area contributed by atoms with Crippen LogP contribution in [0, 0.1) is 5.92 Å². The van der Waals surface area contributed by atoms with Gasteiger partial charge in [-0.15, -0.1) is 0 Å². The number of hydrogen-bond donors (Lipinski definition) is 1. The van der Waals surface area contributed by atoms with Crippen molar-refractivity contribution in [3.8, 4) is 11.5 Å². The van der Waals surface area contributed by atoms with Crippen LogP contribution < -0.4 is 19.9 Å². The molecule has 1 heterocycles. The smallest absolute Gasteiger partial charge is 0.253 e. The van der Waals surface area contributed by atoms with Gasteiger partial charge < -0.3 is 19.4 Å². The first-order valence-electron chi connectivity index (χ1n) is 9.67. The summed E-state index contributed by atoms with van der Waals surface area (Å²) in [5.41, 5.74) is 1.71. The van der Waals surface area contributed by atoms with Crippen LogP contribution in [0.15, 0.2) is 53.3 Å². The Hall–Kier alpha value is -3.28. The van der Waals surface area contributed by atoms with Crippen LogP contribution in [0.25, 0.3) is 10.9 Å². The highest BCUT2D eigenvalue weighted by Gasteiger charge is 2.21. The first-order valence-corrected chi connectivity index (χ1v) is 9.67. The van der Waals surface area contributed by atoms with Crippen molar-refractivity contribution >= 4 is 22.5 Å². The lowest BCUT2D eigenvalue weighted by Crippen LogP contribution is -2.35. The molecule has 0 aliphatic carbocycles. The summed E-state index contributed by atoms with van der Waals surface area (Å²) in [4.78, 5) is 30.1. The molecule has 0 bridgehead atoms. The Balaban J connectivity index is 1.98. The van der Waals surface area contributed by atoms with E-state index in [1.165, 1.54) is 0 Å². The monoisotopic (exact) mass is 394 g/mol. The molecular formula is C23H26N2O4. The first kappa shape index (κ1) is 20.5. The zero-order chi connectivity index (χ0) is 21.0. The van der Waals surface area contributed by atoms with Crippen molar-refractivity contribution in [3.05, 3.63) is 64.4 Å². The topological polar surface area (TPSA) is 71.6 Å². The zero-order valence-electron chi connectivity index (χ0n) is 17.2. The number of methoxy groups -OCH3 is 1. The second kappa shape index (κ2) is 8.82. The molecule has 6 nitrogen and oxygen atoms in total. The van der Waals surface area contributed by atoms with E-state index in [4.69, 9.17) is 9.47 Å². The molecule has 0 atom stereocenters. The molecule has 3 aromatic rings. The first-order chi connectivity index (χ1) is 13.9. The minimum absolute atomic E-state index is 0.0524. The van der Waals surface area contributed by atoms with Gasteiger partial charge in [0.25, 0.3) is 5.56 Å². The molecule has 0 fully saturated rings. The number of aromatic amines is 1. The summed E-state index contributed by atoms with van der Waals surface area (Å²) < 4.78 is 10.7. The molecule has 6 heteroatoms. The van der Waals surface area contributed by atoms with E-state index in [2.05, 4.69) is 4.98 Å². The number of carbonyl (C=O) groups excluding carboxylic acids is 1. The number of carbonyl (C=O) groups is 1. The van der Waals surface area contributed by atoms with E-state index in [1.807, 2.05) is 63.2 Å². The summed E-state index contributed by atoms with van der Waals surface area (Å²) in [6.07, 6.45) is 0. The lowest BCUT2D eigenvalue weighted by molar-refractivity contribution is -0.121. The summed E-state index contributed by atoms with van der Waals surface area (Å²) >= 11 is 0. The standard InChI is InChI=1S/C23H26N2O4/c1-5-29-19-10-7-18(8-11-19)25(23(27)15(2)3)14-17-12-16-6-9-20(28-4)13-21(16)24-22(17)26/h6-13,15H,5,14H2,1-4H3,(H,24,26). The fourth-order valence-corrected chi connectivity index (χ4v) is 3.14. The van der Waals surface area contributed by atoms with Gasteiger partial charge in [0, 0.05) is 23.2 Å². The molecule has 0 saturated heterocycles. The number of aromatic nitrogens is 1. The van der Waals surface area contributed by atoms with Crippen LogP contribution in [0.2, 0.25) is 0 Å². The fraction of sp³-hybridized carbons (Fsp3) is 0.304. The molecule has 1 aromatic heterocycles. The van der Waals surface area contributed by atoms with Crippen molar-refractivity contribution in [2.45, 2.75) is 27.3 Å². The largest absolute Gasteiger partial charge is 0.497 e. The Bertz CT molecular complexity index is 1050. The lowest BCUT2D eigenvalue weighted by atomic mass is 10.1. The average molecular weight is 394 g/mol. The van der Waals surface area contributed by atoms with Crippen LogP contribution in [0.3, 0.4) is 0 Å². The maximum atomic E-state index is 12.9. The van der Waals surface area contributed by atoms with Crippen LogP contribution >= 0.6 is 0 Å². The lowest BCUT2D eigenvalue weighted by Gasteiger charge is -2.25. The number of nitrogens with zero attached hydrogens (tertiary/aromatic N) is 1. The van der Waals surface area contributed by atoms with Gasteiger partial charge in [-0.25, -0.2) is 0 Å². The van der Waals surface area contributed by atoms with Gasteiger partial charge in [-0.05, 0) is 54.8 Å². The van der Waals surface area contributed by atoms with Crippen molar-refractivity contribution in [2.75, 3.05) is 18.6 Å². The van der Waals surface area contributed by atoms with E-state index in [1.54, 1.807) is 18.1 Å². The summed E-state index contributed by atoms with van der Waals surface area (Å²) in [5.74, 6) is 1.16. The van der Waals surface area contributed by atoms with Crippen molar-refractivity contribution in [1.82, 2.24) is 4.98 Å². The number of H-pyrrole nitrogens is 1. The average Bonchev–Trinajstić information content (AvgIpc) is 2.72. The third kappa shape index (κ3) is 4.59. The van der Waals surface area contributed by atoms with Crippen LogP contribution in [-0.2, 0) is 11.3 Å². The predicted octanol–water partition coefficient (Wildman–Crippen LogP) is 4.12. The Kier molecular flexibility index (Phi) is 6.22. The number of fused-ring (bicyclic) bond motifs is 1. The van der Waals surface area contributed by atoms with E-state index in [9.17, 15) is 9.59 Å². The summed E-state index contributed by atoms with van der Waals surface area (Å²) in [7, 11) is 1.58. The van der Waals surface area contributed by atoms with E-state index in [0.717, 1.165) is 16.8 Å². The van der Waals surface area contributed by atoms with Crippen molar-refractivity contribution in [1.29, 1.82) is 0 Å². The van der Waals surface area contributed by atoms with Crippen molar-refractivity contribution < 1.29 is 14.3 Å². The van der Waals surface area contributed by atoms with Crippen molar-refractivity contribution in [2.24, 2.45) is 5.92 Å². The third-order valence-corrected chi connectivity index (χ3v) is 4.68. The number of ether oxygens (including phenoxy) is 2. The Labute approximate surface area is 170 Å². The van der Waals surface area contributed by atoms with Crippen LogP contribution in [0.4, 0.5) is 5.69 Å². The number of anilines is 1. The number of rotatable bonds is 7. The normalized spacial score (nSPS) is 10.9. The highest BCUT2D eigenvalue weighted by molar-refractivity contribution is 5.94. The number of benzene rings is 2. The van der Waals surface area contributed by atoms with Gasteiger partial charge >= 0.3 is 0 Å². The maximum absolute atomic E-state index is 12.9. The molecule has 152 valence electrons. The summed E-state index contributed by atoms with van der Waals surface area (Å²) in [6, 6.07) is 14.7. The minimum atomic E-state index is -0.224. The quantitative estimate of drug-likeness (QED) is 0.654. The van der Waals surface area contributed by atoms with Crippen molar-refractivity contribution in [3.63, 3.8) is 0 Å². The second-order valence-electron chi connectivity index (χ2n) is 7.08. The third-order valence-electron chi connectivity index (χ3n) is 4.68. The maximum Gasteiger partial charge on any atom is 0.253 e. The molecule has 0 unspecified atom stereocenters. The SMILES string of the molecule is CCOc1ccc(N(Cc2cc3ccc(OC)cc3[nH]c2=O)C(=O)C(C)C)cc1. The second-order valence-corrected chi connectivity index (χ2v) is 7.08. The number of nitrogens with one attached hydrogen (secondary N) is 1. The highest BCUT2D eigenvalue weighted by atomic mass is 16.5. The molecule has 0 radical (unpaired) electrons. The molecule has 1 amide bonds. The Morgan fingerprint density at radius 3 is 2.38 bits per heavy atom. The highest BCUT2D eigenvalue weighted by Crippen LogP contribution is 2.24. The summed E-state index contributed by atoms with van der Waals surface area (Å²) in [5, 5.41) is 0.879. The number of pyridine rings is 1. The molecule has 0 saturated carbocycles. The molecule has 0 spiro atoms. The predicted molar refractivity (Wildman–Crippen MR) is 115 cm³/mol. The van der Waals surface area contributed by atoms with Gasteiger partial charge in [0.15, 0.2) is 0 Å². The Morgan fingerprint density at radius 2 is 1.76 bits per heavy atom. The number of amides is 1. The zero-order valence-corrected chi connectivity index (χ0v) is 17.2. The van der Waals surface area contributed by atoms with Gasteiger partial charge in [-0.2, -0.15) is 0 Å². The molecular weight excluding hydrogens is 368 g/mol. The van der Waals surface area contributed by atoms with Gasteiger partial charge in [0.2, 0.25) is 5.91 Å². The van der Waals surface area contributed by atoms with E-state index in [-0.39, 0.29) is 23.9 Å². The molecule has 2 aromatic carbocycles. The fourth-order valence-electron chi connectivity index (χ4n) is 3.14. The van der Waals surface area contributed by atoms with Gasteiger partial charge in [0.1, 0.15) is 11.5 Å². The molecule has 3 rings (SSSR count). The van der Waals surface area contributed by atoms with E-state index in [0.29, 0.717) is 23.4 Å². The van der Waals surface area contributed by atoms with Gasteiger partial charge in [-0.3, -0.25) is 9.59 Å². The molecule has 1 N–H and O–H groups in total. The van der Waals surface area contributed by atoms with E-state index < -0.39 is 0 Å². The molecule has 0 aliphatic heterocycles. The van der Waals surface area contributed by atoms with E-state index >= 15 is 0 Å². The van der Waals surface area contributed by atoms with Crippen LogP contribution in [0.5, 0.6) is 11.5 Å². The van der Waals surface area contributed by atoms with Gasteiger partial charge in [0.05, 0.1) is 25.8 Å². The van der Waals surface area contributed by atoms with Crippen LogP contribution in [0.1, 0.15) is 26.3 Å².